The van der Waals surface area contributed by atoms with Crippen LogP contribution in [0, 0.1) is 11.3 Å². The van der Waals surface area contributed by atoms with Crippen LogP contribution in [0.5, 0.6) is 0 Å². The second kappa shape index (κ2) is 8.25. The van der Waals surface area contributed by atoms with Crippen LogP contribution >= 0.6 is 0 Å². The van der Waals surface area contributed by atoms with Crippen LogP contribution in [-0.2, 0) is 4.79 Å². The molecule has 0 unspecified atom stereocenters. The number of rotatable bonds is 7. The highest BCUT2D eigenvalue weighted by Crippen LogP contribution is 2.09. The van der Waals surface area contributed by atoms with E-state index in [4.69, 9.17) is 11.0 Å². The number of nitrogens with one attached hydrogen (secondary N) is 1. The summed E-state index contributed by atoms with van der Waals surface area (Å²) in [6.45, 7) is 2.28. The second-order valence-electron chi connectivity index (χ2n) is 4.43. The van der Waals surface area contributed by atoms with Gasteiger partial charge in [-0.3, -0.25) is 4.79 Å². The lowest BCUT2D eigenvalue weighted by Crippen LogP contribution is -2.26. The predicted molar refractivity (Wildman–Crippen MR) is 75.6 cm³/mol. The van der Waals surface area contributed by atoms with E-state index in [-0.39, 0.29) is 5.91 Å². The van der Waals surface area contributed by atoms with E-state index in [1.807, 2.05) is 13.1 Å². The summed E-state index contributed by atoms with van der Waals surface area (Å²) >= 11 is 0. The highest BCUT2D eigenvalue weighted by atomic mass is 16.1. The van der Waals surface area contributed by atoms with Gasteiger partial charge in [-0.05, 0) is 50.8 Å². The number of amides is 1. The van der Waals surface area contributed by atoms with Crippen LogP contribution < -0.4 is 11.1 Å². The molecule has 3 N–H and O–H groups in total. The third-order valence-electron chi connectivity index (χ3n) is 2.76. The van der Waals surface area contributed by atoms with Crippen LogP contribution in [0.2, 0.25) is 0 Å². The molecule has 1 amide bonds. The summed E-state index contributed by atoms with van der Waals surface area (Å²) in [7, 11) is 1.98. The molecular weight excluding hydrogens is 240 g/mol. The molecule has 0 heterocycles. The summed E-state index contributed by atoms with van der Waals surface area (Å²) in [4.78, 5) is 13.8. The predicted octanol–water partition coefficient (Wildman–Crippen LogP) is 1.17. The highest BCUT2D eigenvalue weighted by Gasteiger charge is 2.05. The molecule has 0 aromatic heterocycles. The number of benzene rings is 1. The fourth-order valence-electron chi connectivity index (χ4n) is 1.62. The third kappa shape index (κ3) is 6.00. The number of nitrogens with two attached hydrogens (primary N) is 1. The maximum absolute atomic E-state index is 11.7. The Kier molecular flexibility index (Phi) is 6.58. The van der Waals surface area contributed by atoms with E-state index < -0.39 is 0 Å². The summed E-state index contributed by atoms with van der Waals surface area (Å²) in [5.41, 5.74) is 6.73. The van der Waals surface area contributed by atoms with Gasteiger partial charge in [-0.25, -0.2) is 0 Å². The Morgan fingerprint density at radius 3 is 2.63 bits per heavy atom. The maximum atomic E-state index is 11.7. The zero-order valence-electron chi connectivity index (χ0n) is 11.2. The van der Waals surface area contributed by atoms with Crippen molar-refractivity contribution in [1.29, 1.82) is 5.26 Å². The van der Waals surface area contributed by atoms with E-state index in [0.29, 0.717) is 30.8 Å². The Labute approximate surface area is 114 Å². The molecular formula is C14H20N4O. The number of nitriles is 1. The SMILES string of the molecule is CN(CCCN)CCC(=O)Nc1ccc(C#N)cc1. The van der Waals surface area contributed by atoms with Crippen molar-refractivity contribution in [3.05, 3.63) is 29.8 Å². The Morgan fingerprint density at radius 2 is 2.05 bits per heavy atom. The van der Waals surface area contributed by atoms with Crippen molar-refractivity contribution in [1.82, 2.24) is 4.90 Å². The van der Waals surface area contributed by atoms with E-state index in [2.05, 4.69) is 10.2 Å². The van der Waals surface area contributed by atoms with Crippen LogP contribution in [0.25, 0.3) is 0 Å². The second-order valence-corrected chi connectivity index (χ2v) is 4.43. The summed E-state index contributed by atoms with van der Waals surface area (Å²) in [5.74, 6) is -0.0238. The Morgan fingerprint density at radius 1 is 1.37 bits per heavy atom. The quantitative estimate of drug-likeness (QED) is 0.771. The van der Waals surface area contributed by atoms with Gasteiger partial charge >= 0.3 is 0 Å². The molecule has 1 aromatic carbocycles. The van der Waals surface area contributed by atoms with Gasteiger partial charge in [-0.2, -0.15) is 5.26 Å². The molecule has 0 aliphatic heterocycles. The normalized spacial score (nSPS) is 10.2. The number of nitrogens with zero attached hydrogens (tertiary/aromatic N) is 2. The number of carbonyl (C=O) groups is 1. The molecule has 0 saturated carbocycles. The molecule has 1 rings (SSSR count). The van der Waals surface area contributed by atoms with Crippen LogP contribution in [0.1, 0.15) is 18.4 Å². The molecule has 0 radical (unpaired) electrons. The molecule has 0 bridgehead atoms. The van der Waals surface area contributed by atoms with Gasteiger partial charge in [-0.1, -0.05) is 0 Å². The zero-order chi connectivity index (χ0) is 14.1. The summed E-state index contributed by atoms with van der Waals surface area (Å²) < 4.78 is 0. The summed E-state index contributed by atoms with van der Waals surface area (Å²) in [6.07, 6.45) is 1.38. The summed E-state index contributed by atoms with van der Waals surface area (Å²) in [5, 5.41) is 11.5. The first-order valence-corrected chi connectivity index (χ1v) is 6.34. The van der Waals surface area contributed by atoms with E-state index in [1.54, 1.807) is 24.3 Å². The standard InChI is InChI=1S/C14H20N4O/c1-18(9-2-8-15)10-7-14(19)17-13-5-3-12(11-16)4-6-13/h3-6H,2,7-10,15H2,1H3,(H,17,19). The van der Waals surface area contributed by atoms with E-state index in [9.17, 15) is 4.79 Å². The number of hydrogen-bond donors (Lipinski definition) is 2. The van der Waals surface area contributed by atoms with Gasteiger partial charge in [0.15, 0.2) is 0 Å². The molecule has 102 valence electrons. The van der Waals surface area contributed by atoms with Crippen LogP contribution in [-0.4, -0.2) is 37.5 Å². The Bertz CT molecular complexity index is 436. The molecule has 19 heavy (non-hydrogen) atoms. The molecule has 5 nitrogen and oxygen atoms in total. The topological polar surface area (TPSA) is 82.2 Å². The molecule has 0 aliphatic rings. The fourth-order valence-corrected chi connectivity index (χ4v) is 1.62. The van der Waals surface area contributed by atoms with Crippen molar-refractivity contribution in [2.24, 2.45) is 5.73 Å². The van der Waals surface area contributed by atoms with Gasteiger partial charge in [-0.15, -0.1) is 0 Å². The monoisotopic (exact) mass is 260 g/mol. The van der Waals surface area contributed by atoms with E-state index in [1.165, 1.54) is 0 Å². The fraction of sp³-hybridized carbons (Fsp3) is 0.429. The van der Waals surface area contributed by atoms with Crippen LogP contribution in [0.4, 0.5) is 5.69 Å². The minimum absolute atomic E-state index is 0.0238. The zero-order valence-corrected chi connectivity index (χ0v) is 11.2. The van der Waals surface area contributed by atoms with Gasteiger partial charge in [0.1, 0.15) is 0 Å². The Balaban J connectivity index is 2.32. The first kappa shape index (κ1) is 15.2. The molecule has 0 fully saturated rings. The van der Waals surface area contributed by atoms with Gasteiger partial charge in [0, 0.05) is 18.7 Å². The average molecular weight is 260 g/mol. The molecule has 0 atom stereocenters. The Hall–Kier alpha value is -1.90. The molecule has 5 heteroatoms. The van der Waals surface area contributed by atoms with Crippen molar-refractivity contribution in [2.75, 3.05) is 32.0 Å². The number of carbonyl (C=O) groups excluding carboxylic acids is 1. The van der Waals surface area contributed by atoms with Gasteiger partial charge in [0.25, 0.3) is 0 Å². The first-order valence-electron chi connectivity index (χ1n) is 6.34. The molecule has 0 saturated heterocycles. The van der Waals surface area contributed by atoms with Crippen molar-refractivity contribution in [2.45, 2.75) is 12.8 Å². The average Bonchev–Trinajstić information content (AvgIpc) is 2.43. The molecule has 0 spiro atoms. The number of anilines is 1. The minimum Gasteiger partial charge on any atom is -0.330 e. The van der Waals surface area contributed by atoms with E-state index >= 15 is 0 Å². The maximum Gasteiger partial charge on any atom is 0.225 e. The minimum atomic E-state index is -0.0238. The van der Waals surface area contributed by atoms with Crippen molar-refractivity contribution in [3.63, 3.8) is 0 Å². The van der Waals surface area contributed by atoms with Crippen molar-refractivity contribution < 1.29 is 4.79 Å². The van der Waals surface area contributed by atoms with Crippen molar-refractivity contribution in [3.8, 4) is 6.07 Å². The first-order chi connectivity index (χ1) is 9.15. The largest absolute Gasteiger partial charge is 0.330 e. The van der Waals surface area contributed by atoms with Gasteiger partial charge in [0.05, 0.1) is 11.6 Å². The number of hydrogen-bond acceptors (Lipinski definition) is 4. The molecule has 1 aromatic rings. The lowest BCUT2D eigenvalue weighted by molar-refractivity contribution is -0.116. The van der Waals surface area contributed by atoms with Gasteiger partial charge < -0.3 is 16.0 Å². The lowest BCUT2D eigenvalue weighted by Gasteiger charge is -2.15. The van der Waals surface area contributed by atoms with E-state index in [0.717, 1.165) is 13.0 Å². The van der Waals surface area contributed by atoms with Crippen molar-refractivity contribution >= 4 is 11.6 Å². The third-order valence-corrected chi connectivity index (χ3v) is 2.76. The van der Waals surface area contributed by atoms with Crippen LogP contribution in [0.15, 0.2) is 24.3 Å². The lowest BCUT2D eigenvalue weighted by atomic mass is 10.2. The van der Waals surface area contributed by atoms with Crippen LogP contribution in [0.3, 0.4) is 0 Å². The summed E-state index contributed by atoms with van der Waals surface area (Å²) in [6, 6.07) is 8.87. The highest BCUT2D eigenvalue weighted by molar-refractivity contribution is 5.90. The smallest absolute Gasteiger partial charge is 0.225 e. The van der Waals surface area contributed by atoms with Gasteiger partial charge in [0.2, 0.25) is 5.91 Å². The molecule has 0 aliphatic carbocycles.